The highest BCUT2D eigenvalue weighted by atomic mass is 16.3. The molecule has 0 aliphatic heterocycles. The summed E-state index contributed by atoms with van der Waals surface area (Å²) >= 11 is 0. The van der Waals surface area contributed by atoms with Crippen LogP contribution in [-0.4, -0.2) is 9.97 Å². The summed E-state index contributed by atoms with van der Waals surface area (Å²) in [7, 11) is 0. The van der Waals surface area contributed by atoms with E-state index in [1.165, 1.54) is 0 Å². The highest BCUT2D eigenvalue weighted by Gasteiger charge is 2.08. The maximum absolute atomic E-state index is 11.3. The molecule has 2 heterocycles. The first kappa shape index (κ1) is 10.6. The summed E-state index contributed by atoms with van der Waals surface area (Å²) in [4.78, 5) is 27.6. The first-order valence-corrected chi connectivity index (χ1v) is 5.46. The number of benzene rings is 1. The van der Waals surface area contributed by atoms with Crippen molar-refractivity contribution in [2.75, 3.05) is 0 Å². The van der Waals surface area contributed by atoms with Gasteiger partial charge < -0.3 is 14.4 Å². The van der Waals surface area contributed by atoms with Crippen molar-refractivity contribution in [3.8, 4) is 11.3 Å². The van der Waals surface area contributed by atoms with E-state index >= 15 is 0 Å². The lowest BCUT2D eigenvalue weighted by Crippen LogP contribution is -2.28. The van der Waals surface area contributed by atoms with Crippen LogP contribution in [0.25, 0.3) is 22.4 Å². The Morgan fingerprint density at radius 2 is 1.72 bits per heavy atom. The van der Waals surface area contributed by atoms with E-state index < -0.39 is 11.1 Å². The zero-order chi connectivity index (χ0) is 12.7. The van der Waals surface area contributed by atoms with Gasteiger partial charge in [0.15, 0.2) is 0 Å². The molecule has 0 saturated heterocycles. The second-order valence-corrected chi connectivity index (χ2v) is 4.10. The predicted molar refractivity (Wildman–Crippen MR) is 67.6 cm³/mol. The van der Waals surface area contributed by atoms with E-state index in [1.54, 1.807) is 18.4 Å². The van der Waals surface area contributed by atoms with E-state index in [0.717, 1.165) is 16.9 Å². The highest BCUT2D eigenvalue weighted by Crippen LogP contribution is 2.26. The van der Waals surface area contributed by atoms with Gasteiger partial charge >= 0.3 is 11.1 Å². The van der Waals surface area contributed by atoms with Gasteiger partial charge in [0, 0.05) is 5.56 Å². The number of aromatic amines is 2. The van der Waals surface area contributed by atoms with E-state index in [0.29, 0.717) is 11.0 Å². The van der Waals surface area contributed by atoms with Crippen LogP contribution in [0.3, 0.4) is 0 Å². The van der Waals surface area contributed by atoms with Crippen LogP contribution >= 0.6 is 0 Å². The van der Waals surface area contributed by atoms with Crippen LogP contribution in [0, 0.1) is 6.92 Å². The summed E-state index contributed by atoms with van der Waals surface area (Å²) in [6, 6.07) is 7.25. The van der Waals surface area contributed by atoms with Crippen LogP contribution in [0.1, 0.15) is 5.56 Å². The molecule has 0 saturated carbocycles. The molecule has 90 valence electrons. The Morgan fingerprint density at radius 1 is 1.06 bits per heavy atom. The minimum absolute atomic E-state index is 0.580. The zero-order valence-electron chi connectivity index (χ0n) is 9.61. The van der Waals surface area contributed by atoms with Crippen LogP contribution < -0.4 is 11.1 Å². The number of hydrogen-bond donors (Lipinski definition) is 2. The van der Waals surface area contributed by atoms with Crippen LogP contribution in [0.2, 0.25) is 0 Å². The van der Waals surface area contributed by atoms with Gasteiger partial charge in [-0.25, -0.2) is 0 Å². The number of H-pyrrole nitrogens is 2. The number of nitrogens with one attached hydrogen (secondary N) is 2. The number of fused-ring (bicyclic) bond motifs is 1. The van der Waals surface area contributed by atoms with Crippen LogP contribution in [0.5, 0.6) is 0 Å². The molecule has 5 nitrogen and oxygen atoms in total. The normalized spacial score (nSPS) is 10.9. The molecule has 3 aromatic rings. The van der Waals surface area contributed by atoms with Gasteiger partial charge in [-0.1, -0.05) is 0 Å². The Balaban J connectivity index is 2.37. The Morgan fingerprint density at radius 3 is 2.33 bits per heavy atom. The third-order valence-corrected chi connectivity index (χ3v) is 2.85. The standard InChI is InChI=1S/C13H10N2O3/c1-7-5-9-10(15-13(17)12(16)14-9)6-8(7)11-3-2-4-18-11/h2-6H,1H3,(H,14,16)(H,15,17). The molecule has 18 heavy (non-hydrogen) atoms. The minimum Gasteiger partial charge on any atom is -0.464 e. The number of hydrogen-bond acceptors (Lipinski definition) is 3. The first-order valence-electron chi connectivity index (χ1n) is 5.46. The van der Waals surface area contributed by atoms with Gasteiger partial charge in [0.05, 0.1) is 17.3 Å². The van der Waals surface area contributed by atoms with Crippen molar-refractivity contribution >= 4 is 11.0 Å². The molecular formula is C13H10N2O3. The monoisotopic (exact) mass is 242 g/mol. The summed E-state index contributed by atoms with van der Waals surface area (Å²) in [5, 5.41) is 0. The van der Waals surface area contributed by atoms with Crippen molar-refractivity contribution in [1.29, 1.82) is 0 Å². The highest BCUT2D eigenvalue weighted by molar-refractivity contribution is 5.82. The smallest absolute Gasteiger partial charge is 0.314 e. The van der Waals surface area contributed by atoms with Gasteiger partial charge in [-0.05, 0) is 36.8 Å². The number of furan rings is 1. The van der Waals surface area contributed by atoms with Gasteiger partial charge in [0.2, 0.25) is 0 Å². The fraction of sp³-hybridized carbons (Fsp3) is 0.0769. The van der Waals surface area contributed by atoms with E-state index in [9.17, 15) is 9.59 Å². The van der Waals surface area contributed by atoms with Crippen molar-refractivity contribution in [2.24, 2.45) is 0 Å². The maximum Gasteiger partial charge on any atom is 0.314 e. The number of aromatic nitrogens is 2. The molecule has 0 aliphatic carbocycles. The number of rotatable bonds is 1. The molecule has 0 bridgehead atoms. The Bertz CT molecular complexity index is 826. The molecule has 0 fully saturated rings. The van der Waals surface area contributed by atoms with Crippen molar-refractivity contribution < 1.29 is 4.42 Å². The molecule has 0 atom stereocenters. The fourth-order valence-electron chi connectivity index (χ4n) is 1.97. The largest absolute Gasteiger partial charge is 0.464 e. The average Bonchev–Trinajstić information content (AvgIpc) is 2.84. The van der Waals surface area contributed by atoms with Gasteiger partial charge in [-0.15, -0.1) is 0 Å². The first-order chi connectivity index (χ1) is 8.65. The van der Waals surface area contributed by atoms with Gasteiger partial charge in [-0.3, -0.25) is 9.59 Å². The van der Waals surface area contributed by atoms with Gasteiger partial charge in [-0.2, -0.15) is 0 Å². The van der Waals surface area contributed by atoms with Crippen LogP contribution in [-0.2, 0) is 0 Å². The lowest BCUT2D eigenvalue weighted by Gasteiger charge is -2.05. The molecule has 1 aromatic carbocycles. The topological polar surface area (TPSA) is 78.9 Å². The van der Waals surface area contributed by atoms with Gasteiger partial charge in [0.25, 0.3) is 0 Å². The predicted octanol–water partition coefficient (Wildman–Crippen LogP) is 1.78. The molecule has 0 amide bonds. The summed E-state index contributed by atoms with van der Waals surface area (Å²) in [5.41, 5.74) is 1.73. The molecule has 0 aliphatic rings. The fourth-order valence-corrected chi connectivity index (χ4v) is 1.97. The molecular weight excluding hydrogens is 232 g/mol. The average molecular weight is 242 g/mol. The lowest BCUT2D eigenvalue weighted by molar-refractivity contribution is 0.582. The molecule has 0 unspecified atom stereocenters. The molecule has 5 heteroatoms. The van der Waals surface area contributed by atoms with Crippen molar-refractivity contribution in [1.82, 2.24) is 9.97 Å². The van der Waals surface area contributed by atoms with Crippen LogP contribution in [0.4, 0.5) is 0 Å². The summed E-state index contributed by atoms with van der Waals surface area (Å²) in [5.74, 6) is 0.724. The molecule has 2 aromatic heterocycles. The SMILES string of the molecule is Cc1cc2[nH]c(=O)c(=O)[nH]c2cc1-c1ccco1. The molecule has 0 radical (unpaired) electrons. The summed E-state index contributed by atoms with van der Waals surface area (Å²) in [6.07, 6.45) is 1.59. The van der Waals surface area contributed by atoms with E-state index in [2.05, 4.69) is 9.97 Å². The van der Waals surface area contributed by atoms with Crippen molar-refractivity contribution in [2.45, 2.75) is 6.92 Å². The molecule has 3 rings (SSSR count). The van der Waals surface area contributed by atoms with E-state index in [4.69, 9.17) is 4.42 Å². The second kappa shape index (κ2) is 3.73. The second-order valence-electron chi connectivity index (χ2n) is 4.10. The van der Waals surface area contributed by atoms with E-state index in [-0.39, 0.29) is 0 Å². The third kappa shape index (κ3) is 1.57. The Hall–Kier alpha value is -2.56. The third-order valence-electron chi connectivity index (χ3n) is 2.85. The Labute approximate surface area is 101 Å². The van der Waals surface area contributed by atoms with Crippen molar-refractivity contribution in [3.63, 3.8) is 0 Å². The molecule has 2 N–H and O–H groups in total. The minimum atomic E-state index is -0.656. The van der Waals surface area contributed by atoms with Crippen LogP contribution in [0.15, 0.2) is 44.5 Å². The number of aryl methyl sites for hydroxylation is 1. The van der Waals surface area contributed by atoms with Crippen molar-refractivity contribution in [3.05, 3.63) is 56.8 Å². The molecule has 0 spiro atoms. The quantitative estimate of drug-likeness (QED) is 0.638. The maximum atomic E-state index is 11.3. The Kier molecular flexibility index (Phi) is 2.19. The lowest BCUT2D eigenvalue weighted by atomic mass is 10.1. The summed E-state index contributed by atoms with van der Waals surface area (Å²) in [6.45, 7) is 1.92. The zero-order valence-corrected chi connectivity index (χ0v) is 9.61. The van der Waals surface area contributed by atoms with E-state index in [1.807, 2.05) is 19.1 Å². The summed E-state index contributed by atoms with van der Waals surface area (Å²) < 4.78 is 5.34. The van der Waals surface area contributed by atoms with Gasteiger partial charge in [0.1, 0.15) is 5.76 Å².